The number of aryl methyl sites for hydroxylation is 1. The smallest absolute Gasteiger partial charge is 0.336 e. The monoisotopic (exact) mass is 434 g/mol. The summed E-state index contributed by atoms with van der Waals surface area (Å²) in [5.41, 5.74) is 2.07. The van der Waals surface area contributed by atoms with Gasteiger partial charge in [-0.2, -0.15) is 0 Å². The van der Waals surface area contributed by atoms with Crippen LogP contribution in [-0.4, -0.2) is 23.9 Å². The molecule has 166 valence electrons. The van der Waals surface area contributed by atoms with E-state index in [0.29, 0.717) is 22.5 Å². The summed E-state index contributed by atoms with van der Waals surface area (Å²) in [6, 6.07) is 11.7. The summed E-state index contributed by atoms with van der Waals surface area (Å²) in [6.07, 6.45) is 0. The van der Waals surface area contributed by atoms with Crippen molar-refractivity contribution in [2.24, 2.45) is 0 Å². The average molecular weight is 434 g/mol. The third-order valence-corrected chi connectivity index (χ3v) is 6.11. The minimum atomic E-state index is -1.21. The van der Waals surface area contributed by atoms with Crippen molar-refractivity contribution in [2.75, 3.05) is 7.11 Å². The van der Waals surface area contributed by atoms with Crippen LogP contribution in [0.3, 0.4) is 0 Å². The van der Waals surface area contributed by atoms with Gasteiger partial charge in [0.2, 0.25) is 0 Å². The van der Waals surface area contributed by atoms with Gasteiger partial charge >= 0.3 is 11.7 Å². The molecule has 0 radical (unpaired) electrons. The summed E-state index contributed by atoms with van der Waals surface area (Å²) < 4.78 is 10.6. The highest BCUT2D eigenvalue weighted by atomic mass is 16.5. The third kappa shape index (κ3) is 3.53. The quantitative estimate of drug-likeness (QED) is 0.480. The van der Waals surface area contributed by atoms with Crippen LogP contribution in [0.25, 0.3) is 11.0 Å². The molecule has 1 aliphatic heterocycles. The number of hydrogen-bond acceptors (Lipinski definition) is 5. The van der Waals surface area contributed by atoms with Gasteiger partial charge in [0.1, 0.15) is 16.9 Å². The lowest BCUT2D eigenvalue weighted by Crippen LogP contribution is -2.40. The second-order valence-electron chi connectivity index (χ2n) is 8.63. The molecule has 0 spiro atoms. The Morgan fingerprint density at radius 2 is 1.78 bits per heavy atom. The van der Waals surface area contributed by atoms with Crippen LogP contribution in [-0.2, 0) is 16.9 Å². The number of fused-ring (bicyclic) bond motifs is 1. The Morgan fingerprint density at radius 1 is 1.09 bits per heavy atom. The number of carbonyl (C=O) groups is 2. The van der Waals surface area contributed by atoms with Gasteiger partial charge in [0.25, 0.3) is 5.91 Å². The van der Waals surface area contributed by atoms with Gasteiger partial charge in [-0.15, -0.1) is 0 Å². The number of nitrogens with zero attached hydrogens (tertiary/aromatic N) is 1. The molecule has 3 aromatic rings. The molecule has 1 aliphatic rings. The Morgan fingerprint density at radius 3 is 2.41 bits per heavy atom. The Bertz CT molecular complexity index is 1280. The van der Waals surface area contributed by atoms with Crippen molar-refractivity contribution < 1.29 is 18.7 Å². The fourth-order valence-corrected chi connectivity index (χ4v) is 4.28. The number of urea groups is 1. The van der Waals surface area contributed by atoms with Crippen LogP contribution in [0.1, 0.15) is 48.9 Å². The van der Waals surface area contributed by atoms with E-state index in [-0.39, 0.29) is 18.4 Å². The van der Waals surface area contributed by atoms with Crippen LogP contribution in [0.15, 0.2) is 51.7 Å². The summed E-state index contributed by atoms with van der Waals surface area (Å²) in [5, 5.41) is 3.52. The van der Waals surface area contributed by atoms with Crippen LogP contribution in [0.5, 0.6) is 5.75 Å². The molecule has 2 aromatic carbocycles. The molecule has 1 fully saturated rings. The van der Waals surface area contributed by atoms with E-state index >= 15 is 0 Å². The minimum absolute atomic E-state index is 0.0287. The van der Waals surface area contributed by atoms with Crippen molar-refractivity contribution in [3.05, 3.63) is 75.1 Å². The van der Waals surface area contributed by atoms with Crippen molar-refractivity contribution in [1.29, 1.82) is 0 Å². The zero-order valence-corrected chi connectivity index (χ0v) is 18.8. The number of imide groups is 1. The third-order valence-electron chi connectivity index (χ3n) is 6.11. The van der Waals surface area contributed by atoms with E-state index in [1.165, 1.54) is 6.07 Å². The van der Waals surface area contributed by atoms with Gasteiger partial charge in [0.15, 0.2) is 0 Å². The van der Waals surface area contributed by atoms with E-state index in [9.17, 15) is 14.4 Å². The Kier molecular flexibility index (Phi) is 5.28. The highest BCUT2D eigenvalue weighted by Gasteiger charge is 2.49. The predicted octanol–water partition coefficient (Wildman–Crippen LogP) is 4.20. The van der Waals surface area contributed by atoms with Crippen LogP contribution >= 0.6 is 0 Å². The van der Waals surface area contributed by atoms with Gasteiger partial charge in [-0.3, -0.25) is 9.69 Å². The fourth-order valence-electron chi connectivity index (χ4n) is 4.28. The average Bonchev–Trinajstić information content (AvgIpc) is 2.96. The van der Waals surface area contributed by atoms with Crippen molar-refractivity contribution in [1.82, 2.24) is 10.2 Å². The summed E-state index contributed by atoms with van der Waals surface area (Å²) >= 11 is 0. The highest BCUT2D eigenvalue weighted by Crippen LogP contribution is 2.32. The van der Waals surface area contributed by atoms with Crippen LogP contribution in [0.2, 0.25) is 0 Å². The number of ether oxygens (including phenoxy) is 1. The Labute approximate surface area is 186 Å². The van der Waals surface area contributed by atoms with Crippen molar-refractivity contribution in [3.8, 4) is 5.75 Å². The molecule has 0 aliphatic carbocycles. The van der Waals surface area contributed by atoms with Gasteiger partial charge in [-0.25, -0.2) is 9.59 Å². The van der Waals surface area contributed by atoms with E-state index in [1.807, 2.05) is 19.1 Å². The number of carbonyl (C=O) groups excluding carboxylic acids is 2. The number of hydrogen-bond donors (Lipinski definition) is 1. The molecule has 1 saturated heterocycles. The lowest BCUT2D eigenvalue weighted by Gasteiger charge is -2.22. The first kappa shape index (κ1) is 21.6. The van der Waals surface area contributed by atoms with E-state index in [1.54, 1.807) is 38.3 Å². The molecule has 32 heavy (non-hydrogen) atoms. The standard InChI is InChI=1S/C25H26N2O5/c1-14(2)19-12-20-16(11-22(28)32-21(20)10-15(19)3)13-27-23(29)25(4,26-24(27)30)17-6-8-18(31-5)9-7-17/h6-12,14H,13H2,1-5H3,(H,26,30). The summed E-state index contributed by atoms with van der Waals surface area (Å²) in [4.78, 5) is 39.5. The van der Waals surface area contributed by atoms with Crippen molar-refractivity contribution in [2.45, 2.75) is 45.7 Å². The van der Waals surface area contributed by atoms with Crippen LogP contribution in [0, 0.1) is 6.92 Å². The maximum Gasteiger partial charge on any atom is 0.336 e. The van der Waals surface area contributed by atoms with Gasteiger partial charge in [-0.1, -0.05) is 26.0 Å². The lowest BCUT2D eigenvalue weighted by molar-refractivity contribution is -0.131. The number of nitrogens with one attached hydrogen (secondary N) is 1. The van der Waals surface area contributed by atoms with Gasteiger partial charge in [0.05, 0.1) is 13.7 Å². The first-order valence-corrected chi connectivity index (χ1v) is 10.5. The molecule has 1 atom stereocenters. The predicted molar refractivity (Wildman–Crippen MR) is 121 cm³/mol. The van der Waals surface area contributed by atoms with E-state index in [4.69, 9.17) is 9.15 Å². The zero-order chi connectivity index (χ0) is 23.2. The molecule has 7 nitrogen and oxygen atoms in total. The molecule has 1 N–H and O–H groups in total. The first-order valence-electron chi connectivity index (χ1n) is 10.5. The number of amides is 3. The second-order valence-corrected chi connectivity index (χ2v) is 8.63. The Balaban J connectivity index is 1.74. The van der Waals surface area contributed by atoms with Crippen molar-refractivity contribution in [3.63, 3.8) is 0 Å². The summed E-state index contributed by atoms with van der Waals surface area (Å²) in [7, 11) is 1.56. The van der Waals surface area contributed by atoms with Crippen LogP contribution in [0.4, 0.5) is 4.79 Å². The first-order chi connectivity index (χ1) is 15.1. The fraction of sp³-hybridized carbons (Fsp3) is 0.320. The second kappa shape index (κ2) is 7.82. The molecule has 7 heteroatoms. The molecule has 0 saturated carbocycles. The van der Waals surface area contributed by atoms with Gasteiger partial charge in [0, 0.05) is 11.5 Å². The topological polar surface area (TPSA) is 88.8 Å². The van der Waals surface area contributed by atoms with E-state index in [0.717, 1.165) is 21.4 Å². The molecular formula is C25H26N2O5. The molecular weight excluding hydrogens is 408 g/mol. The minimum Gasteiger partial charge on any atom is -0.497 e. The maximum atomic E-state index is 13.4. The molecule has 1 aromatic heterocycles. The van der Waals surface area contributed by atoms with Gasteiger partial charge < -0.3 is 14.5 Å². The molecule has 0 bridgehead atoms. The largest absolute Gasteiger partial charge is 0.497 e. The van der Waals surface area contributed by atoms with Gasteiger partial charge in [-0.05, 0) is 66.3 Å². The normalized spacial score (nSPS) is 18.5. The highest BCUT2D eigenvalue weighted by molar-refractivity contribution is 6.07. The molecule has 3 amide bonds. The SMILES string of the molecule is COc1ccc(C2(C)NC(=O)N(Cc3cc(=O)oc4cc(C)c(C(C)C)cc34)C2=O)cc1. The van der Waals surface area contributed by atoms with Crippen LogP contribution < -0.4 is 15.7 Å². The number of rotatable bonds is 5. The van der Waals surface area contributed by atoms with Crippen molar-refractivity contribution >= 4 is 22.9 Å². The zero-order valence-electron chi connectivity index (χ0n) is 18.8. The number of benzene rings is 2. The lowest BCUT2D eigenvalue weighted by atomic mass is 9.91. The molecule has 2 heterocycles. The molecule has 1 unspecified atom stereocenters. The number of methoxy groups -OCH3 is 1. The summed E-state index contributed by atoms with van der Waals surface area (Å²) in [6.45, 7) is 7.79. The Hall–Kier alpha value is -3.61. The van der Waals surface area contributed by atoms with E-state index in [2.05, 4.69) is 19.2 Å². The summed E-state index contributed by atoms with van der Waals surface area (Å²) in [5.74, 6) is 0.546. The van der Waals surface area contributed by atoms with E-state index < -0.39 is 17.2 Å². The molecule has 4 rings (SSSR count). The maximum absolute atomic E-state index is 13.4.